The van der Waals surface area contributed by atoms with E-state index in [1.165, 1.54) is 0 Å². The van der Waals surface area contributed by atoms with Gasteiger partial charge in [0.25, 0.3) is 5.91 Å². The first-order valence-corrected chi connectivity index (χ1v) is 6.75. The molecule has 6 heteroatoms. The van der Waals surface area contributed by atoms with Gasteiger partial charge in [-0.15, -0.1) is 0 Å². The molecule has 0 fully saturated rings. The zero-order valence-corrected chi connectivity index (χ0v) is 12.1. The molecule has 1 aromatic heterocycles. The number of hydrogen-bond donors (Lipinski definition) is 0. The molecule has 0 bridgehead atoms. The Labute approximate surface area is 122 Å². The highest BCUT2D eigenvalue weighted by atomic mass is 16.5. The first-order chi connectivity index (χ1) is 10.2. The van der Waals surface area contributed by atoms with Crippen LogP contribution in [0.4, 0.5) is 0 Å². The lowest BCUT2D eigenvalue weighted by Crippen LogP contribution is -2.38. The van der Waals surface area contributed by atoms with Crippen molar-refractivity contribution in [2.75, 3.05) is 20.8 Å². The lowest BCUT2D eigenvalue weighted by molar-refractivity contribution is 0.0700. The van der Waals surface area contributed by atoms with E-state index in [9.17, 15) is 4.79 Å². The Morgan fingerprint density at radius 2 is 1.90 bits per heavy atom. The molecule has 6 nitrogen and oxygen atoms in total. The number of rotatable bonds is 3. The number of imidazole rings is 1. The Hall–Kier alpha value is -2.50. The van der Waals surface area contributed by atoms with Gasteiger partial charge in [-0.05, 0) is 12.1 Å². The summed E-state index contributed by atoms with van der Waals surface area (Å²) >= 11 is 0. The number of hydrogen-bond acceptors (Lipinski definition) is 4. The molecule has 21 heavy (non-hydrogen) atoms. The molecule has 2 aromatic rings. The first kappa shape index (κ1) is 13.5. The number of carbonyl (C=O) groups is 1. The third-order valence-corrected chi connectivity index (χ3v) is 3.67. The summed E-state index contributed by atoms with van der Waals surface area (Å²) in [5.74, 6) is 1.84. The molecule has 0 atom stereocenters. The van der Waals surface area contributed by atoms with Gasteiger partial charge >= 0.3 is 0 Å². The van der Waals surface area contributed by atoms with Crippen molar-refractivity contribution in [3.05, 3.63) is 42.0 Å². The second-order valence-corrected chi connectivity index (χ2v) is 4.80. The second kappa shape index (κ2) is 5.47. The zero-order valence-electron chi connectivity index (χ0n) is 12.1. The molecule has 1 aliphatic heterocycles. The minimum absolute atomic E-state index is 0.0986. The van der Waals surface area contributed by atoms with Crippen LogP contribution in [0, 0.1) is 0 Å². The van der Waals surface area contributed by atoms with Crippen LogP contribution in [0.5, 0.6) is 11.5 Å². The number of aromatic nitrogens is 2. The quantitative estimate of drug-likeness (QED) is 0.859. The molecule has 1 aromatic carbocycles. The smallest absolute Gasteiger partial charge is 0.261 e. The van der Waals surface area contributed by atoms with Gasteiger partial charge < -0.3 is 18.9 Å². The van der Waals surface area contributed by atoms with Crippen LogP contribution in [-0.4, -0.2) is 41.1 Å². The van der Waals surface area contributed by atoms with E-state index in [0.29, 0.717) is 30.2 Å². The van der Waals surface area contributed by atoms with Crippen molar-refractivity contribution < 1.29 is 14.3 Å². The van der Waals surface area contributed by atoms with E-state index in [1.807, 2.05) is 6.20 Å². The molecule has 1 aliphatic rings. The van der Waals surface area contributed by atoms with Crippen molar-refractivity contribution in [2.45, 2.75) is 13.1 Å². The predicted molar refractivity (Wildman–Crippen MR) is 76.5 cm³/mol. The monoisotopic (exact) mass is 287 g/mol. The van der Waals surface area contributed by atoms with E-state index in [1.54, 1.807) is 43.5 Å². The Balaban J connectivity index is 1.93. The molecule has 0 spiro atoms. The maximum atomic E-state index is 12.8. The fourth-order valence-corrected chi connectivity index (χ4v) is 2.57. The summed E-state index contributed by atoms with van der Waals surface area (Å²) in [6.45, 7) is 1.88. The number of methoxy groups -OCH3 is 2. The van der Waals surface area contributed by atoms with E-state index in [2.05, 4.69) is 9.55 Å². The van der Waals surface area contributed by atoms with Gasteiger partial charge in [0.05, 0.1) is 20.8 Å². The average molecular weight is 287 g/mol. The maximum absolute atomic E-state index is 12.8. The Bertz CT molecular complexity index is 644. The molecule has 0 N–H and O–H groups in total. The summed E-state index contributed by atoms with van der Waals surface area (Å²) in [5, 5.41) is 0. The first-order valence-electron chi connectivity index (χ1n) is 6.75. The Kier molecular flexibility index (Phi) is 3.51. The summed E-state index contributed by atoms with van der Waals surface area (Å²) in [4.78, 5) is 18.9. The van der Waals surface area contributed by atoms with Gasteiger partial charge in [0.15, 0.2) is 0 Å². The van der Waals surface area contributed by atoms with E-state index >= 15 is 0 Å². The minimum Gasteiger partial charge on any atom is -0.496 e. The predicted octanol–water partition coefficient (Wildman–Crippen LogP) is 1.56. The van der Waals surface area contributed by atoms with E-state index < -0.39 is 0 Å². The van der Waals surface area contributed by atoms with E-state index in [0.717, 1.165) is 12.4 Å². The highest BCUT2D eigenvalue weighted by Crippen LogP contribution is 2.30. The fourth-order valence-electron chi connectivity index (χ4n) is 2.57. The topological polar surface area (TPSA) is 56.6 Å². The Morgan fingerprint density at radius 3 is 2.57 bits per heavy atom. The molecule has 0 saturated heterocycles. The van der Waals surface area contributed by atoms with Crippen LogP contribution in [0.2, 0.25) is 0 Å². The van der Waals surface area contributed by atoms with Gasteiger partial charge in [0, 0.05) is 25.5 Å². The van der Waals surface area contributed by atoms with Crippen LogP contribution in [0.15, 0.2) is 30.6 Å². The molecular weight excluding hydrogens is 270 g/mol. The van der Waals surface area contributed by atoms with Crippen molar-refractivity contribution >= 4 is 5.91 Å². The molecule has 0 radical (unpaired) electrons. The van der Waals surface area contributed by atoms with Crippen molar-refractivity contribution in [1.82, 2.24) is 14.5 Å². The standard InChI is InChI=1S/C15H17N3O3/c1-20-11-4-3-5-12(21-2)14(11)15(19)18-9-8-17-7-6-16-13(17)10-18/h3-7H,8-10H2,1-2H3. The molecule has 0 aliphatic carbocycles. The third kappa shape index (κ3) is 2.33. The van der Waals surface area contributed by atoms with Gasteiger partial charge in [0.2, 0.25) is 0 Å². The maximum Gasteiger partial charge on any atom is 0.261 e. The summed E-state index contributed by atoms with van der Waals surface area (Å²) in [7, 11) is 3.10. The van der Waals surface area contributed by atoms with Crippen LogP contribution in [0.3, 0.4) is 0 Å². The number of fused-ring (bicyclic) bond motifs is 1. The number of nitrogens with zero attached hydrogens (tertiary/aromatic N) is 3. The molecular formula is C15H17N3O3. The molecule has 2 heterocycles. The fraction of sp³-hybridized carbons (Fsp3) is 0.333. The number of ether oxygens (including phenoxy) is 2. The Morgan fingerprint density at radius 1 is 1.19 bits per heavy atom. The van der Waals surface area contributed by atoms with Gasteiger partial charge in [-0.25, -0.2) is 4.98 Å². The summed E-state index contributed by atoms with van der Waals surface area (Å²) in [6, 6.07) is 5.33. The lowest BCUT2D eigenvalue weighted by atomic mass is 10.1. The molecule has 0 unspecified atom stereocenters. The molecule has 0 saturated carbocycles. The highest BCUT2D eigenvalue weighted by molar-refractivity contribution is 5.99. The van der Waals surface area contributed by atoms with Crippen LogP contribution < -0.4 is 9.47 Å². The van der Waals surface area contributed by atoms with Crippen molar-refractivity contribution in [3.8, 4) is 11.5 Å². The summed E-state index contributed by atoms with van der Waals surface area (Å²) in [6.07, 6.45) is 3.69. The van der Waals surface area contributed by atoms with Crippen LogP contribution in [0.1, 0.15) is 16.2 Å². The van der Waals surface area contributed by atoms with Crippen LogP contribution in [-0.2, 0) is 13.1 Å². The normalized spacial score (nSPS) is 13.7. The number of amides is 1. The van der Waals surface area contributed by atoms with Crippen molar-refractivity contribution in [2.24, 2.45) is 0 Å². The van der Waals surface area contributed by atoms with Crippen LogP contribution >= 0.6 is 0 Å². The highest BCUT2D eigenvalue weighted by Gasteiger charge is 2.27. The van der Waals surface area contributed by atoms with Gasteiger partial charge in [0.1, 0.15) is 22.9 Å². The lowest BCUT2D eigenvalue weighted by Gasteiger charge is -2.28. The zero-order chi connectivity index (χ0) is 14.8. The van der Waals surface area contributed by atoms with Crippen molar-refractivity contribution in [3.63, 3.8) is 0 Å². The SMILES string of the molecule is COc1cccc(OC)c1C(=O)N1CCn2ccnc2C1. The third-order valence-electron chi connectivity index (χ3n) is 3.67. The number of carbonyl (C=O) groups excluding carboxylic acids is 1. The largest absolute Gasteiger partial charge is 0.496 e. The van der Waals surface area contributed by atoms with Gasteiger partial charge in [-0.2, -0.15) is 0 Å². The number of benzene rings is 1. The molecule has 1 amide bonds. The molecule has 3 rings (SSSR count). The van der Waals surface area contributed by atoms with Crippen LogP contribution in [0.25, 0.3) is 0 Å². The van der Waals surface area contributed by atoms with E-state index in [4.69, 9.17) is 9.47 Å². The van der Waals surface area contributed by atoms with Gasteiger partial charge in [-0.1, -0.05) is 6.07 Å². The van der Waals surface area contributed by atoms with Crippen molar-refractivity contribution in [1.29, 1.82) is 0 Å². The average Bonchev–Trinajstić information content (AvgIpc) is 3.00. The summed E-state index contributed by atoms with van der Waals surface area (Å²) < 4.78 is 12.7. The minimum atomic E-state index is -0.0986. The molecule has 110 valence electrons. The van der Waals surface area contributed by atoms with Gasteiger partial charge in [-0.3, -0.25) is 4.79 Å². The second-order valence-electron chi connectivity index (χ2n) is 4.80. The summed E-state index contributed by atoms with van der Waals surface area (Å²) in [5.41, 5.74) is 0.461. The van der Waals surface area contributed by atoms with E-state index in [-0.39, 0.29) is 5.91 Å².